The van der Waals surface area contributed by atoms with Crippen molar-refractivity contribution in [2.45, 2.75) is 13.0 Å². The van der Waals surface area contributed by atoms with Gasteiger partial charge in [-0.25, -0.2) is 0 Å². The fourth-order valence-electron chi connectivity index (χ4n) is 2.84. The van der Waals surface area contributed by atoms with Crippen LogP contribution < -0.4 is 14.8 Å². The van der Waals surface area contributed by atoms with Crippen LogP contribution in [0.2, 0.25) is 0 Å². The molecule has 3 heterocycles. The van der Waals surface area contributed by atoms with Crippen LogP contribution in [-0.4, -0.2) is 33.2 Å². The minimum absolute atomic E-state index is 0.227. The molecule has 0 saturated carbocycles. The number of hydrogen-bond donors (Lipinski definition) is 1. The molecular formula is C22H19N5O3S. The van der Waals surface area contributed by atoms with E-state index in [4.69, 9.17) is 9.47 Å². The Labute approximate surface area is 182 Å². The highest BCUT2D eigenvalue weighted by Gasteiger charge is 2.16. The van der Waals surface area contributed by atoms with E-state index in [9.17, 15) is 4.79 Å². The molecule has 0 radical (unpaired) electrons. The third kappa shape index (κ3) is 4.84. The molecule has 31 heavy (non-hydrogen) atoms. The molecule has 1 amide bonds. The number of pyridine rings is 2. The summed E-state index contributed by atoms with van der Waals surface area (Å²) in [5, 5.41) is 12.0. The Morgan fingerprint density at radius 3 is 2.61 bits per heavy atom. The quantitative estimate of drug-likeness (QED) is 0.461. The monoisotopic (exact) mass is 433 g/mol. The molecule has 0 spiro atoms. The number of ether oxygens (including phenoxy) is 2. The van der Waals surface area contributed by atoms with Crippen LogP contribution in [0.5, 0.6) is 11.5 Å². The number of nitrogens with zero attached hydrogens (tertiary/aromatic N) is 4. The summed E-state index contributed by atoms with van der Waals surface area (Å²) < 4.78 is 11.4. The van der Waals surface area contributed by atoms with E-state index in [0.717, 1.165) is 11.1 Å². The Morgan fingerprint density at radius 1 is 1.03 bits per heavy atom. The standard InChI is InChI=1S/C22H19N5O3S/c1-14(17-4-3-9-24-13-17)30-18-6-5-16(12-19(18)29-2)20(28)25-22-27-26-21(31-22)15-7-10-23-11-8-15/h3-14H,1-2H3,(H,25,27,28). The molecule has 0 aliphatic rings. The van der Waals surface area contributed by atoms with Crippen LogP contribution >= 0.6 is 11.3 Å². The van der Waals surface area contributed by atoms with Crippen molar-refractivity contribution in [3.05, 3.63) is 78.4 Å². The van der Waals surface area contributed by atoms with Crippen LogP contribution in [0.15, 0.2) is 67.3 Å². The molecule has 9 heteroatoms. The molecule has 0 aliphatic heterocycles. The number of nitrogens with one attached hydrogen (secondary N) is 1. The fraction of sp³-hybridized carbons (Fsp3) is 0.136. The maximum atomic E-state index is 12.7. The lowest BCUT2D eigenvalue weighted by Crippen LogP contribution is -2.12. The first-order valence-electron chi connectivity index (χ1n) is 9.44. The average molecular weight is 433 g/mol. The molecule has 0 fully saturated rings. The second-order valence-electron chi connectivity index (χ2n) is 6.51. The van der Waals surface area contributed by atoms with E-state index in [2.05, 4.69) is 25.5 Å². The Hall–Kier alpha value is -3.85. The molecule has 0 saturated heterocycles. The smallest absolute Gasteiger partial charge is 0.257 e. The number of rotatable bonds is 7. The third-order valence-electron chi connectivity index (χ3n) is 4.46. The molecule has 4 aromatic rings. The minimum Gasteiger partial charge on any atom is -0.493 e. The number of aromatic nitrogens is 4. The Balaban J connectivity index is 1.47. The predicted molar refractivity (Wildman–Crippen MR) is 117 cm³/mol. The van der Waals surface area contributed by atoms with Gasteiger partial charge in [0.2, 0.25) is 5.13 Å². The molecule has 1 unspecified atom stereocenters. The number of methoxy groups -OCH3 is 1. The summed E-state index contributed by atoms with van der Waals surface area (Å²) in [4.78, 5) is 20.8. The highest BCUT2D eigenvalue weighted by Crippen LogP contribution is 2.32. The van der Waals surface area contributed by atoms with Gasteiger partial charge < -0.3 is 9.47 Å². The molecule has 1 atom stereocenters. The summed E-state index contributed by atoms with van der Waals surface area (Å²) in [6, 6.07) is 12.5. The summed E-state index contributed by atoms with van der Waals surface area (Å²) in [6.07, 6.45) is 6.60. The molecule has 0 aliphatic carbocycles. The predicted octanol–water partition coefficient (Wildman–Crippen LogP) is 4.40. The summed E-state index contributed by atoms with van der Waals surface area (Å²) in [7, 11) is 1.53. The molecule has 8 nitrogen and oxygen atoms in total. The lowest BCUT2D eigenvalue weighted by Gasteiger charge is -2.17. The van der Waals surface area contributed by atoms with Crippen LogP contribution in [0, 0.1) is 0 Å². The van der Waals surface area contributed by atoms with Crippen molar-refractivity contribution in [1.82, 2.24) is 20.2 Å². The maximum absolute atomic E-state index is 12.7. The van der Waals surface area contributed by atoms with Crippen molar-refractivity contribution in [2.24, 2.45) is 0 Å². The van der Waals surface area contributed by atoms with Crippen LogP contribution in [0.4, 0.5) is 5.13 Å². The van der Waals surface area contributed by atoms with Gasteiger partial charge >= 0.3 is 0 Å². The van der Waals surface area contributed by atoms with E-state index < -0.39 is 0 Å². The van der Waals surface area contributed by atoms with Gasteiger partial charge in [-0.3, -0.25) is 20.1 Å². The Bertz CT molecular complexity index is 1170. The highest BCUT2D eigenvalue weighted by atomic mass is 32.1. The Morgan fingerprint density at radius 2 is 1.87 bits per heavy atom. The number of carbonyl (C=O) groups is 1. The van der Waals surface area contributed by atoms with E-state index >= 15 is 0 Å². The summed E-state index contributed by atoms with van der Waals surface area (Å²) >= 11 is 1.28. The van der Waals surface area contributed by atoms with Gasteiger partial charge in [-0.1, -0.05) is 17.4 Å². The van der Waals surface area contributed by atoms with Gasteiger partial charge in [-0.2, -0.15) is 0 Å². The molecule has 1 N–H and O–H groups in total. The van der Waals surface area contributed by atoms with E-state index in [1.165, 1.54) is 18.4 Å². The summed E-state index contributed by atoms with van der Waals surface area (Å²) in [5.74, 6) is 0.673. The van der Waals surface area contributed by atoms with Crippen LogP contribution in [0.1, 0.15) is 28.9 Å². The van der Waals surface area contributed by atoms with Crippen molar-refractivity contribution >= 4 is 22.4 Å². The van der Waals surface area contributed by atoms with Gasteiger partial charge in [0.05, 0.1) is 7.11 Å². The van der Waals surface area contributed by atoms with Gasteiger partial charge in [-0.15, -0.1) is 10.2 Å². The number of anilines is 1. The normalized spacial score (nSPS) is 11.5. The molecule has 1 aromatic carbocycles. The van der Waals surface area contributed by atoms with E-state index in [1.807, 2.05) is 31.2 Å². The molecule has 3 aromatic heterocycles. The lowest BCUT2D eigenvalue weighted by atomic mass is 10.1. The van der Waals surface area contributed by atoms with Gasteiger partial charge in [0.15, 0.2) is 11.5 Å². The van der Waals surface area contributed by atoms with Crippen LogP contribution in [0.3, 0.4) is 0 Å². The SMILES string of the molecule is COc1cc(C(=O)Nc2nnc(-c3ccncc3)s2)ccc1OC(C)c1cccnc1. The maximum Gasteiger partial charge on any atom is 0.257 e. The van der Waals surface area contributed by atoms with Crippen molar-refractivity contribution in [3.8, 4) is 22.1 Å². The second-order valence-corrected chi connectivity index (χ2v) is 7.49. The van der Waals surface area contributed by atoms with Gasteiger partial charge in [0.25, 0.3) is 5.91 Å². The van der Waals surface area contributed by atoms with E-state index in [0.29, 0.717) is 27.2 Å². The topological polar surface area (TPSA) is 99.1 Å². The van der Waals surface area contributed by atoms with Crippen molar-refractivity contribution in [1.29, 1.82) is 0 Å². The van der Waals surface area contributed by atoms with Crippen molar-refractivity contribution in [2.75, 3.05) is 12.4 Å². The average Bonchev–Trinajstić information content (AvgIpc) is 3.29. The highest BCUT2D eigenvalue weighted by molar-refractivity contribution is 7.18. The minimum atomic E-state index is -0.317. The zero-order chi connectivity index (χ0) is 21.6. The Kier molecular flexibility index (Phi) is 6.13. The van der Waals surface area contributed by atoms with Crippen molar-refractivity contribution < 1.29 is 14.3 Å². The number of hydrogen-bond acceptors (Lipinski definition) is 8. The number of carbonyl (C=O) groups excluding carboxylic acids is 1. The summed E-state index contributed by atoms with van der Waals surface area (Å²) in [5.41, 5.74) is 2.24. The fourth-order valence-corrected chi connectivity index (χ4v) is 3.58. The first kappa shape index (κ1) is 20.4. The van der Waals surface area contributed by atoms with Gasteiger partial charge in [0, 0.05) is 41.5 Å². The van der Waals surface area contributed by atoms with E-state index in [1.54, 1.807) is 43.0 Å². The van der Waals surface area contributed by atoms with Gasteiger partial charge in [0.1, 0.15) is 11.1 Å². The number of amides is 1. The molecule has 0 bridgehead atoms. The first-order valence-corrected chi connectivity index (χ1v) is 10.3. The van der Waals surface area contributed by atoms with E-state index in [-0.39, 0.29) is 12.0 Å². The second kappa shape index (κ2) is 9.31. The van der Waals surface area contributed by atoms with Crippen LogP contribution in [-0.2, 0) is 0 Å². The van der Waals surface area contributed by atoms with Crippen molar-refractivity contribution in [3.63, 3.8) is 0 Å². The van der Waals surface area contributed by atoms with Gasteiger partial charge in [-0.05, 0) is 43.3 Å². The summed E-state index contributed by atoms with van der Waals surface area (Å²) in [6.45, 7) is 1.92. The lowest BCUT2D eigenvalue weighted by molar-refractivity contribution is 0.102. The van der Waals surface area contributed by atoms with Crippen LogP contribution in [0.25, 0.3) is 10.6 Å². The molecule has 156 valence electrons. The number of benzene rings is 1. The molecule has 4 rings (SSSR count). The third-order valence-corrected chi connectivity index (χ3v) is 5.34. The largest absolute Gasteiger partial charge is 0.493 e. The molecular weight excluding hydrogens is 414 g/mol. The zero-order valence-corrected chi connectivity index (χ0v) is 17.7. The first-order chi connectivity index (χ1) is 15.1. The zero-order valence-electron chi connectivity index (χ0n) is 16.9.